The summed E-state index contributed by atoms with van der Waals surface area (Å²) in [7, 11) is 0. The third-order valence-corrected chi connectivity index (χ3v) is 6.18. The normalized spacial score (nSPS) is 16.9. The van der Waals surface area contributed by atoms with Crippen LogP contribution < -0.4 is 0 Å². The molecule has 1 aromatic heterocycles. The van der Waals surface area contributed by atoms with E-state index in [0.717, 1.165) is 4.90 Å². The molecule has 0 radical (unpaired) electrons. The second-order valence-electron chi connectivity index (χ2n) is 7.48. The van der Waals surface area contributed by atoms with E-state index >= 15 is 0 Å². The van der Waals surface area contributed by atoms with Crippen LogP contribution in [0.15, 0.2) is 18.2 Å². The van der Waals surface area contributed by atoms with Crippen molar-refractivity contribution in [2.75, 3.05) is 13.2 Å². The molecule has 3 rings (SSSR count). The van der Waals surface area contributed by atoms with Crippen molar-refractivity contribution in [2.45, 2.75) is 38.1 Å². The summed E-state index contributed by atoms with van der Waals surface area (Å²) < 4.78 is 129. The van der Waals surface area contributed by atoms with E-state index in [1.807, 2.05) is 0 Å². The van der Waals surface area contributed by atoms with Gasteiger partial charge in [0.05, 0.1) is 30.8 Å². The number of benzene rings is 1. The highest BCUT2D eigenvalue weighted by molar-refractivity contribution is 14.1. The number of rotatable bonds is 5. The summed E-state index contributed by atoms with van der Waals surface area (Å²) in [5.41, 5.74) is -6.35. The van der Waals surface area contributed by atoms with Crippen molar-refractivity contribution in [3.8, 4) is 0 Å². The number of ether oxygens (including phenoxy) is 2. The van der Waals surface area contributed by atoms with Gasteiger partial charge >= 0.3 is 30.6 Å². The number of hydrogen-bond acceptors (Lipinski definition) is 4. The summed E-state index contributed by atoms with van der Waals surface area (Å²) in [5.74, 6) is -1.31. The molecule has 6 nitrogen and oxygen atoms in total. The maximum atomic E-state index is 13.5. The smallest absolute Gasteiger partial charge is 0.419 e. The van der Waals surface area contributed by atoms with Crippen LogP contribution in [0.4, 0.5) is 44.3 Å². The van der Waals surface area contributed by atoms with Crippen molar-refractivity contribution < 1.29 is 58.6 Å². The average molecular weight is 644 g/mol. The highest BCUT2D eigenvalue weighted by atomic mass is 127. The number of aromatic amines is 1. The highest BCUT2D eigenvalue weighted by Gasteiger charge is 2.43. The molecule has 1 aliphatic heterocycles. The number of aromatic nitrogens is 1. The Balaban J connectivity index is 1.93. The number of cyclic esters (lactones) is 1. The molecule has 1 unspecified atom stereocenters. The lowest BCUT2D eigenvalue weighted by molar-refractivity contribution is -0.143. The Kier molecular flexibility index (Phi) is 7.49. The first kappa shape index (κ1) is 27.9. The zero-order chi connectivity index (χ0) is 27.2. The molecule has 2 aromatic rings. The first-order valence-electron chi connectivity index (χ1n) is 9.83. The van der Waals surface area contributed by atoms with Crippen molar-refractivity contribution in [3.05, 3.63) is 55.4 Å². The first-order chi connectivity index (χ1) is 16.4. The summed E-state index contributed by atoms with van der Waals surface area (Å²) in [6.45, 7) is -0.0275. The van der Waals surface area contributed by atoms with Crippen molar-refractivity contribution in [1.29, 1.82) is 0 Å². The van der Waals surface area contributed by atoms with Crippen LogP contribution in [0.2, 0.25) is 0 Å². The van der Waals surface area contributed by atoms with Gasteiger partial charge in [0.1, 0.15) is 17.4 Å². The van der Waals surface area contributed by atoms with Crippen molar-refractivity contribution >= 4 is 34.7 Å². The summed E-state index contributed by atoms with van der Waals surface area (Å²) in [4.78, 5) is 27.3. The van der Waals surface area contributed by atoms with E-state index in [2.05, 4.69) is 9.72 Å². The molecule has 0 aliphatic carbocycles. The third kappa shape index (κ3) is 5.83. The van der Waals surface area contributed by atoms with Crippen LogP contribution in [0.5, 0.6) is 0 Å². The molecule has 1 saturated heterocycles. The second kappa shape index (κ2) is 9.66. The van der Waals surface area contributed by atoms with Crippen molar-refractivity contribution in [2.24, 2.45) is 0 Å². The van der Waals surface area contributed by atoms with E-state index in [1.165, 1.54) is 29.5 Å². The number of nitrogens with zero attached hydrogens (tertiary/aromatic N) is 1. The van der Waals surface area contributed by atoms with Gasteiger partial charge in [0, 0.05) is 9.26 Å². The fourth-order valence-electron chi connectivity index (χ4n) is 3.43. The number of esters is 1. The second-order valence-corrected chi connectivity index (χ2v) is 8.56. The van der Waals surface area contributed by atoms with E-state index in [4.69, 9.17) is 4.74 Å². The maximum Gasteiger partial charge on any atom is 0.419 e. The van der Waals surface area contributed by atoms with Crippen LogP contribution in [0.1, 0.15) is 51.5 Å². The van der Waals surface area contributed by atoms with Gasteiger partial charge in [0.15, 0.2) is 0 Å². The van der Waals surface area contributed by atoms with Gasteiger partial charge in [-0.25, -0.2) is 9.59 Å². The Labute approximate surface area is 209 Å². The molecule has 1 N–H and O–H groups in total. The van der Waals surface area contributed by atoms with E-state index in [-0.39, 0.29) is 18.4 Å². The summed E-state index contributed by atoms with van der Waals surface area (Å²) in [6.07, 6.45) is -18.0. The molecule has 1 atom stereocenters. The zero-order valence-electron chi connectivity index (χ0n) is 17.8. The predicted molar refractivity (Wildman–Crippen MR) is 111 cm³/mol. The molecule has 1 amide bonds. The van der Waals surface area contributed by atoms with Gasteiger partial charge in [-0.3, -0.25) is 4.90 Å². The lowest BCUT2D eigenvalue weighted by atomic mass is 10.0. The predicted octanol–water partition coefficient (Wildman–Crippen LogP) is 6.55. The van der Waals surface area contributed by atoms with Gasteiger partial charge in [-0.15, -0.1) is 0 Å². The van der Waals surface area contributed by atoms with Gasteiger partial charge in [0.2, 0.25) is 0 Å². The van der Waals surface area contributed by atoms with Gasteiger partial charge in [-0.05, 0) is 53.3 Å². The fourth-order valence-corrected chi connectivity index (χ4v) is 4.31. The number of halogens is 10. The number of carbonyl (C=O) groups excluding carboxylic acids is 2. The maximum absolute atomic E-state index is 13.5. The van der Waals surface area contributed by atoms with Gasteiger partial charge in [0.25, 0.3) is 0 Å². The summed E-state index contributed by atoms with van der Waals surface area (Å²) >= 11 is 1.30. The van der Waals surface area contributed by atoms with E-state index in [9.17, 15) is 49.1 Å². The average Bonchev–Trinajstić information content (AvgIpc) is 3.27. The summed E-state index contributed by atoms with van der Waals surface area (Å²) in [5, 5.41) is 0. The van der Waals surface area contributed by atoms with Crippen LogP contribution in [0, 0.1) is 3.57 Å². The molecule has 1 fully saturated rings. The lowest BCUT2D eigenvalue weighted by Crippen LogP contribution is -2.24. The molecule has 16 heteroatoms. The number of alkyl halides is 9. The van der Waals surface area contributed by atoms with Crippen molar-refractivity contribution in [1.82, 2.24) is 9.88 Å². The fraction of sp³-hybridized carbons (Fsp3) is 0.400. The molecule has 36 heavy (non-hydrogen) atoms. The molecule has 2 heterocycles. The van der Waals surface area contributed by atoms with Gasteiger partial charge < -0.3 is 14.5 Å². The first-order valence-corrected chi connectivity index (χ1v) is 10.9. The lowest BCUT2D eigenvalue weighted by Gasteiger charge is -2.17. The molecular formula is C20H14F9IN2O4. The Morgan fingerprint density at radius 1 is 1.06 bits per heavy atom. The Hall–Kier alpha value is -2.66. The van der Waals surface area contributed by atoms with E-state index < -0.39 is 81.3 Å². The minimum atomic E-state index is -5.13. The molecule has 198 valence electrons. The number of carbonyl (C=O) groups is 2. The van der Waals surface area contributed by atoms with Crippen LogP contribution in [0.25, 0.3) is 0 Å². The minimum Gasteiger partial charge on any atom is -0.461 e. The molecule has 0 spiro atoms. The van der Waals surface area contributed by atoms with Crippen LogP contribution in [-0.4, -0.2) is 35.1 Å². The Bertz CT molecular complexity index is 1140. The number of nitrogens with one attached hydrogen (secondary N) is 1. The van der Waals surface area contributed by atoms with Crippen molar-refractivity contribution in [3.63, 3.8) is 0 Å². The van der Waals surface area contributed by atoms with Gasteiger partial charge in [-0.2, -0.15) is 39.5 Å². The topological polar surface area (TPSA) is 71.6 Å². The van der Waals surface area contributed by atoms with Crippen LogP contribution >= 0.6 is 22.6 Å². The number of H-pyrrole nitrogens is 1. The quantitative estimate of drug-likeness (QED) is 0.228. The molecular weight excluding hydrogens is 630 g/mol. The third-order valence-electron chi connectivity index (χ3n) is 4.99. The molecule has 1 aromatic carbocycles. The Morgan fingerprint density at radius 2 is 1.61 bits per heavy atom. The van der Waals surface area contributed by atoms with Crippen LogP contribution in [-0.2, 0) is 34.5 Å². The largest absolute Gasteiger partial charge is 0.461 e. The molecule has 1 aliphatic rings. The van der Waals surface area contributed by atoms with E-state index in [1.54, 1.807) is 0 Å². The molecule has 0 saturated carbocycles. The standard InChI is InChI=1S/C20H14F9IN2O4/c1-2-35-16(33)15-13(20(27,28)29)14(30)11(31-15)6-32-7-12(36-17(32)34)8-3-9(18(21,22)23)5-10(4-8)19(24,25)26/h3-5,12,31H,2,6-7H2,1H3. The highest BCUT2D eigenvalue weighted by Crippen LogP contribution is 2.41. The van der Waals surface area contributed by atoms with E-state index in [0.29, 0.717) is 12.1 Å². The Morgan fingerprint density at radius 3 is 2.08 bits per heavy atom. The zero-order valence-corrected chi connectivity index (χ0v) is 19.9. The van der Waals surface area contributed by atoms with Crippen LogP contribution in [0.3, 0.4) is 0 Å². The minimum absolute atomic E-state index is 0.0884. The molecule has 0 bridgehead atoms. The monoisotopic (exact) mass is 644 g/mol. The summed E-state index contributed by atoms with van der Waals surface area (Å²) in [6, 6.07) is 0.709. The SMILES string of the molecule is CCOC(=O)c1[nH]c(CN2CC(c3cc(C(F)(F)F)cc(C(F)(F)F)c3)OC2=O)c(I)c1C(F)(F)F. The van der Waals surface area contributed by atoms with Gasteiger partial charge in [-0.1, -0.05) is 0 Å². The number of hydrogen-bond donors (Lipinski definition) is 1. The number of amides is 1.